The fourth-order valence-corrected chi connectivity index (χ4v) is 2.92. The van der Waals surface area contributed by atoms with Crippen molar-refractivity contribution in [1.29, 1.82) is 0 Å². The Morgan fingerprint density at radius 2 is 1.41 bits per heavy atom. The maximum Gasteiger partial charge on any atom is 0.330 e. The molecule has 6 nitrogen and oxygen atoms in total. The van der Waals surface area contributed by atoms with Gasteiger partial charge in [0.15, 0.2) is 0 Å². The van der Waals surface area contributed by atoms with Crippen molar-refractivity contribution in [3.05, 3.63) is 65.7 Å². The summed E-state index contributed by atoms with van der Waals surface area (Å²) in [7, 11) is 0. The Balaban J connectivity index is 1.71. The van der Waals surface area contributed by atoms with E-state index in [-0.39, 0.29) is 23.3 Å². The summed E-state index contributed by atoms with van der Waals surface area (Å²) < 4.78 is 4.82. The smallest absolute Gasteiger partial charge is 0.330 e. The van der Waals surface area contributed by atoms with E-state index in [0.717, 1.165) is 16.8 Å². The fourth-order valence-electron chi connectivity index (χ4n) is 2.30. The number of ether oxygens (including phenoxy) is 1. The van der Waals surface area contributed by atoms with Crippen LogP contribution in [-0.2, 0) is 19.1 Å². The second-order valence-corrected chi connectivity index (χ2v) is 7.15. The Morgan fingerprint density at radius 3 is 1.93 bits per heavy atom. The summed E-state index contributed by atoms with van der Waals surface area (Å²) in [5.74, 6) is -0.365. The Kier molecular flexibility index (Phi) is 8.98. The van der Waals surface area contributed by atoms with Gasteiger partial charge in [0.1, 0.15) is 0 Å². The minimum absolute atomic E-state index is 0.149. The molecular weight excluding hydrogens is 388 g/mol. The number of aryl methyl sites for hydroxylation is 1. The molecule has 0 aliphatic rings. The van der Waals surface area contributed by atoms with E-state index < -0.39 is 5.97 Å². The summed E-state index contributed by atoms with van der Waals surface area (Å²) in [4.78, 5) is 35.2. The van der Waals surface area contributed by atoms with Crippen LogP contribution < -0.4 is 10.6 Å². The summed E-state index contributed by atoms with van der Waals surface area (Å²) in [6, 6.07) is 14.6. The van der Waals surface area contributed by atoms with Gasteiger partial charge in [-0.1, -0.05) is 29.8 Å². The first-order chi connectivity index (χ1) is 14.0. The predicted molar refractivity (Wildman–Crippen MR) is 118 cm³/mol. The molecule has 7 heteroatoms. The zero-order chi connectivity index (χ0) is 21.1. The normalized spacial score (nSPS) is 10.6. The number of hydrogen-bond donors (Lipinski definition) is 2. The quantitative estimate of drug-likeness (QED) is 0.482. The van der Waals surface area contributed by atoms with Crippen molar-refractivity contribution in [2.24, 2.45) is 0 Å². The van der Waals surface area contributed by atoms with Crippen LogP contribution in [0.25, 0.3) is 6.08 Å². The number of hydrogen-bond acceptors (Lipinski definition) is 5. The van der Waals surface area contributed by atoms with Crippen LogP contribution in [0.4, 0.5) is 11.4 Å². The molecule has 0 heterocycles. The molecule has 2 N–H and O–H groups in total. The van der Waals surface area contributed by atoms with Gasteiger partial charge in [0.2, 0.25) is 11.8 Å². The Hall–Kier alpha value is -3.06. The molecule has 29 heavy (non-hydrogen) atoms. The highest BCUT2D eigenvalue weighted by molar-refractivity contribution is 8.00. The van der Waals surface area contributed by atoms with Crippen molar-refractivity contribution >= 4 is 47.0 Å². The Morgan fingerprint density at radius 1 is 0.897 bits per heavy atom. The van der Waals surface area contributed by atoms with E-state index in [1.807, 2.05) is 31.2 Å². The molecule has 0 saturated carbocycles. The van der Waals surface area contributed by atoms with Crippen molar-refractivity contribution in [3.63, 3.8) is 0 Å². The lowest BCUT2D eigenvalue weighted by atomic mass is 10.2. The molecular formula is C22H24N2O4S. The van der Waals surface area contributed by atoms with Crippen molar-refractivity contribution < 1.29 is 19.1 Å². The van der Waals surface area contributed by atoms with Crippen LogP contribution >= 0.6 is 11.8 Å². The largest absolute Gasteiger partial charge is 0.463 e. The van der Waals surface area contributed by atoms with E-state index in [0.29, 0.717) is 12.3 Å². The molecule has 0 aliphatic heterocycles. The lowest BCUT2D eigenvalue weighted by Gasteiger charge is -2.07. The Bertz CT molecular complexity index is 861. The van der Waals surface area contributed by atoms with Gasteiger partial charge in [0.05, 0.1) is 18.1 Å². The molecule has 0 bridgehead atoms. The van der Waals surface area contributed by atoms with Crippen molar-refractivity contribution in [3.8, 4) is 0 Å². The van der Waals surface area contributed by atoms with Crippen molar-refractivity contribution in [2.45, 2.75) is 13.8 Å². The van der Waals surface area contributed by atoms with E-state index in [2.05, 4.69) is 10.6 Å². The van der Waals surface area contributed by atoms with Crippen LogP contribution in [-0.4, -0.2) is 35.9 Å². The lowest BCUT2D eigenvalue weighted by molar-refractivity contribution is -0.137. The zero-order valence-electron chi connectivity index (χ0n) is 16.4. The zero-order valence-corrected chi connectivity index (χ0v) is 17.3. The van der Waals surface area contributed by atoms with Gasteiger partial charge in [0, 0.05) is 17.5 Å². The molecule has 2 amide bonds. The number of thioether (sulfide) groups is 1. The summed E-state index contributed by atoms with van der Waals surface area (Å²) >= 11 is 1.24. The van der Waals surface area contributed by atoms with Gasteiger partial charge in [0.25, 0.3) is 0 Å². The summed E-state index contributed by atoms with van der Waals surface area (Å²) in [5.41, 5.74) is 3.33. The minimum atomic E-state index is -0.395. The van der Waals surface area contributed by atoms with Gasteiger partial charge in [-0.15, -0.1) is 11.8 Å². The molecule has 152 valence electrons. The molecule has 0 unspecified atom stereocenters. The second-order valence-electron chi connectivity index (χ2n) is 6.16. The first-order valence-corrected chi connectivity index (χ1v) is 10.3. The molecule has 0 saturated heterocycles. The standard InChI is InChI=1S/C22H24N2O4S/c1-3-28-22(27)13-8-17-6-11-19(12-7-17)24-21(26)15-29-14-20(25)23-18-9-4-16(2)5-10-18/h4-13H,3,14-15H2,1-2H3,(H,23,25)(H,24,26)/b13-8+. The molecule has 0 radical (unpaired) electrons. The van der Waals surface area contributed by atoms with Gasteiger partial charge in [-0.25, -0.2) is 4.79 Å². The minimum Gasteiger partial charge on any atom is -0.463 e. The summed E-state index contributed by atoms with van der Waals surface area (Å²) in [6.45, 7) is 4.06. The van der Waals surface area contributed by atoms with Crippen molar-refractivity contribution in [2.75, 3.05) is 28.7 Å². The summed E-state index contributed by atoms with van der Waals surface area (Å²) in [5, 5.41) is 5.57. The topological polar surface area (TPSA) is 84.5 Å². The first kappa shape index (κ1) is 22.2. The number of esters is 1. The molecule has 2 rings (SSSR count). The molecule has 0 aromatic heterocycles. The monoisotopic (exact) mass is 412 g/mol. The van der Waals surface area contributed by atoms with Gasteiger partial charge in [-0.3, -0.25) is 9.59 Å². The molecule has 0 aliphatic carbocycles. The average Bonchev–Trinajstić information content (AvgIpc) is 2.69. The van der Waals surface area contributed by atoms with Gasteiger partial charge >= 0.3 is 5.97 Å². The number of anilines is 2. The van der Waals surface area contributed by atoms with E-state index in [1.54, 1.807) is 37.3 Å². The highest BCUT2D eigenvalue weighted by Crippen LogP contribution is 2.13. The summed E-state index contributed by atoms with van der Waals surface area (Å²) in [6.07, 6.45) is 3.00. The van der Waals surface area contributed by atoms with Gasteiger partial charge in [-0.05, 0) is 49.8 Å². The number of benzene rings is 2. The molecule has 0 atom stereocenters. The highest BCUT2D eigenvalue weighted by Gasteiger charge is 2.07. The molecule has 0 spiro atoms. The SMILES string of the molecule is CCOC(=O)/C=C/c1ccc(NC(=O)CSCC(=O)Nc2ccc(C)cc2)cc1. The Labute approximate surface area is 174 Å². The van der Waals surface area contributed by atoms with Crippen LogP contribution in [0.15, 0.2) is 54.6 Å². The van der Waals surface area contributed by atoms with Crippen LogP contribution in [0, 0.1) is 6.92 Å². The third kappa shape index (κ3) is 8.66. The average molecular weight is 413 g/mol. The van der Waals surface area contributed by atoms with Gasteiger partial charge < -0.3 is 15.4 Å². The molecule has 2 aromatic carbocycles. The maximum atomic E-state index is 12.0. The molecule has 2 aromatic rings. The molecule has 0 fully saturated rings. The van der Waals surface area contributed by atoms with Crippen LogP contribution in [0.3, 0.4) is 0 Å². The third-order valence-corrected chi connectivity index (χ3v) is 4.63. The van der Waals surface area contributed by atoms with Crippen LogP contribution in [0.1, 0.15) is 18.1 Å². The number of carbonyl (C=O) groups excluding carboxylic acids is 3. The van der Waals surface area contributed by atoms with Crippen LogP contribution in [0.5, 0.6) is 0 Å². The first-order valence-electron chi connectivity index (χ1n) is 9.15. The maximum absolute atomic E-state index is 12.0. The number of nitrogens with one attached hydrogen (secondary N) is 2. The van der Waals surface area contributed by atoms with Gasteiger partial charge in [-0.2, -0.15) is 0 Å². The van der Waals surface area contributed by atoms with E-state index in [1.165, 1.54) is 17.8 Å². The third-order valence-electron chi connectivity index (χ3n) is 3.69. The second kappa shape index (κ2) is 11.7. The van der Waals surface area contributed by atoms with E-state index in [4.69, 9.17) is 4.74 Å². The van der Waals surface area contributed by atoms with E-state index in [9.17, 15) is 14.4 Å². The lowest BCUT2D eigenvalue weighted by Crippen LogP contribution is -2.18. The number of carbonyl (C=O) groups is 3. The fraction of sp³-hybridized carbons (Fsp3) is 0.227. The van der Waals surface area contributed by atoms with Crippen LogP contribution in [0.2, 0.25) is 0 Å². The highest BCUT2D eigenvalue weighted by atomic mass is 32.2. The number of amides is 2. The van der Waals surface area contributed by atoms with E-state index >= 15 is 0 Å². The number of rotatable bonds is 9. The van der Waals surface area contributed by atoms with Crippen molar-refractivity contribution in [1.82, 2.24) is 0 Å². The predicted octanol–water partition coefficient (Wildman–Crippen LogP) is 3.88.